The maximum absolute atomic E-state index is 11.7. The standard InChI is InChI=1S/C15H19N3O/c1-3-12(2)18-15(19)14(9-16)11-17-10-13-7-5-4-6-8-13/h4-8,11-12,17H,3,10H2,1-2H3,(H,18,19)/b14-11-. The molecule has 0 aliphatic heterocycles. The summed E-state index contributed by atoms with van der Waals surface area (Å²) in [6, 6.07) is 11.8. The minimum Gasteiger partial charge on any atom is -0.386 e. The molecule has 0 spiro atoms. The Bertz CT molecular complexity index is 474. The third-order valence-electron chi connectivity index (χ3n) is 2.75. The molecule has 1 atom stereocenters. The molecule has 100 valence electrons. The van der Waals surface area contributed by atoms with Gasteiger partial charge in [-0.2, -0.15) is 5.26 Å². The molecule has 1 rings (SSSR count). The van der Waals surface area contributed by atoms with Gasteiger partial charge in [0.15, 0.2) is 0 Å². The Labute approximate surface area is 114 Å². The van der Waals surface area contributed by atoms with Gasteiger partial charge < -0.3 is 10.6 Å². The molecule has 0 aliphatic rings. The van der Waals surface area contributed by atoms with Crippen LogP contribution >= 0.6 is 0 Å². The average molecular weight is 257 g/mol. The second-order valence-electron chi connectivity index (χ2n) is 4.32. The molecule has 2 N–H and O–H groups in total. The predicted molar refractivity (Wildman–Crippen MR) is 74.9 cm³/mol. The van der Waals surface area contributed by atoms with Gasteiger partial charge in [-0.3, -0.25) is 4.79 Å². The summed E-state index contributed by atoms with van der Waals surface area (Å²) in [6.45, 7) is 4.47. The van der Waals surface area contributed by atoms with Crippen molar-refractivity contribution in [1.82, 2.24) is 10.6 Å². The first-order chi connectivity index (χ1) is 9.17. The number of benzene rings is 1. The summed E-state index contributed by atoms with van der Waals surface area (Å²) in [6.07, 6.45) is 2.30. The van der Waals surface area contributed by atoms with E-state index in [1.165, 1.54) is 6.20 Å². The summed E-state index contributed by atoms with van der Waals surface area (Å²) in [5.41, 5.74) is 1.19. The van der Waals surface area contributed by atoms with Crippen molar-refractivity contribution in [3.05, 3.63) is 47.7 Å². The number of hydrogen-bond acceptors (Lipinski definition) is 3. The molecule has 4 heteroatoms. The fraction of sp³-hybridized carbons (Fsp3) is 0.333. The van der Waals surface area contributed by atoms with Crippen molar-refractivity contribution in [2.45, 2.75) is 32.9 Å². The van der Waals surface area contributed by atoms with Gasteiger partial charge in [0.25, 0.3) is 5.91 Å². The van der Waals surface area contributed by atoms with E-state index >= 15 is 0 Å². The Morgan fingerprint density at radius 3 is 2.68 bits per heavy atom. The van der Waals surface area contributed by atoms with Gasteiger partial charge in [-0.05, 0) is 18.9 Å². The van der Waals surface area contributed by atoms with Crippen LogP contribution < -0.4 is 10.6 Å². The Hall–Kier alpha value is -2.28. The number of nitrogens with zero attached hydrogens (tertiary/aromatic N) is 1. The van der Waals surface area contributed by atoms with Gasteiger partial charge in [-0.25, -0.2) is 0 Å². The van der Waals surface area contributed by atoms with E-state index in [0.717, 1.165) is 12.0 Å². The smallest absolute Gasteiger partial charge is 0.263 e. The van der Waals surface area contributed by atoms with E-state index < -0.39 is 0 Å². The molecule has 1 amide bonds. The van der Waals surface area contributed by atoms with Crippen LogP contribution in [0, 0.1) is 11.3 Å². The predicted octanol–water partition coefficient (Wildman–Crippen LogP) is 2.10. The molecule has 0 saturated carbocycles. The summed E-state index contributed by atoms with van der Waals surface area (Å²) in [5.74, 6) is -0.336. The van der Waals surface area contributed by atoms with Gasteiger partial charge in [0.2, 0.25) is 0 Å². The molecule has 0 heterocycles. The molecule has 0 bridgehead atoms. The van der Waals surface area contributed by atoms with Gasteiger partial charge in [-0.1, -0.05) is 37.3 Å². The Balaban J connectivity index is 2.53. The van der Waals surface area contributed by atoms with Gasteiger partial charge in [0.05, 0.1) is 0 Å². The van der Waals surface area contributed by atoms with Crippen LogP contribution in [0.1, 0.15) is 25.8 Å². The zero-order valence-corrected chi connectivity index (χ0v) is 11.3. The van der Waals surface area contributed by atoms with Crippen LogP contribution in [0.5, 0.6) is 0 Å². The molecule has 4 nitrogen and oxygen atoms in total. The highest BCUT2D eigenvalue weighted by Gasteiger charge is 2.10. The van der Waals surface area contributed by atoms with Crippen molar-refractivity contribution in [2.24, 2.45) is 0 Å². The fourth-order valence-corrected chi connectivity index (χ4v) is 1.42. The van der Waals surface area contributed by atoms with E-state index in [4.69, 9.17) is 5.26 Å². The monoisotopic (exact) mass is 257 g/mol. The third-order valence-corrected chi connectivity index (χ3v) is 2.75. The molecule has 0 aliphatic carbocycles. The zero-order chi connectivity index (χ0) is 14.1. The van der Waals surface area contributed by atoms with E-state index in [-0.39, 0.29) is 17.5 Å². The van der Waals surface area contributed by atoms with E-state index in [1.54, 1.807) is 0 Å². The van der Waals surface area contributed by atoms with Crippen LogP contribution in [0.4, 0.5) is 0 Å². The SMILES string of the molecule is CCC(C)NC(=O)/C(C#N)=C\NCc1ccccc1. The lowest BCUT2D eigenvalue weighted by Crippen LogP contribution is -2.33. The minimum absolute atomic E-state index is 0.0679. The topological polar surface area (TPSA) is 64.9 Å². The van der Waals surface area contributed by atoms with Crippen molar-refractivity contribution in [3.8, 4) is 6.07 Å². The second kappa shape index (κ2) is 7.93. The van der Waals surface area contributed by atoms with Gasteiger partial charge in [0, 0.05) is 18.8 Å². The highest BCUT2D eigenvalue weighted by molar-refractivity contribution is 5.97. The van der Waals surface area contributed by atoms with Crippen LogP contribution in [-0.2, 0) is 11.3 Å². The zero-order valence-electron chi connectivity index (χ0n) is 11.3. The largest absolute Gasteiger partial charge is 0.386 e. The number of carbonyl (C=O) groups is 1. The first-order valence-corrected chi connectivity index (χ1v) is 6.35. The van der Waals surface area contributed by atoms with Crippen LogP contribution in [0.25, 0.3) is 0 Å². The van der Waals surface area contributed by atoms with Crippen molar-refractivity contribution in [2.75, 3.05) is 0 Å². The van der Waals surface area contributed by atoms with E-state index in [2.05, 4.69) is 10.6 Å². The Morgan fingerprint density at radius 2 is 2.11 bits per heavy atom. The molecule has 0 aromatic heterocycles. The van der Waals surface area contributed by atoms with Crippen molar-refractivity contribution in [1.29, 1.82) is 5.26 Å². The number of nitriles is 1. The molecule has 0 saturated heterocycles. The van der Waals surface area contributed by atoms with Crippen LogP contribution in [-0.4, -0.2) is 11.9 Å². The number of nitrogens with one attached hydrogen (secondary N) is 2. The van der Waals surface area contributed by atoms with Crippen molar-refractivity contribution in [3.63, 3.8) is 0 Å². The van der Waals surface area contributed by atoms with Gasteiger partial charge in [-0.15, -0.1) is 0 Å². The average Bonchev–Trinajstić information content (AvgIpc) is 2.44. The van der Waals surface area contributed by atoms with Crippen LogP contribution in [0.15, 0.2) is 42.1 Å². The maximum atomic E-state index is 11.7. The molecular formula is C15H19N3O. The molecule has 1 aromatic rings. The molecular weight excluding hydrogens is 238 g/mol. The molecule has 1 aromatic carbocycles. The van der Waals surface area contributed by atoms with Gasteiger partial charge >= 0.3 is 0 Å². The molecule has 19 heavy (non-hydrogen) atoms. The summed E-state index contributed by atoms with van der Waals surface area (Å²) in [7, 11) is 0. The van der Waals surface area contributed by atoms with E-state index in [1.807, 2.05) is 50.2 Å². The number of rotatable bonds is 6. The molecule has 0 radical (unpaired) electrons. The Morgan fingerprint density at radius 1 is 1.42 bits per heavy atom. The van der Waals surface area contributed by atoms with Crippen LogP contribution in [0.2, 0.25) is 0 Å². The lowest BCUT2D eigenvalue weighted by atomic mass is 10.2. The minimum atomic E-state index is -0.336. The first kappa shape index (κ1) is 14.8. The van der Waals surface area contributed by atoms with Gasteiger partial charge in [0.1, 0.15) is 11.6 Å². The third kappa shape index (κ3) is 5.26. The summed E-state index contributed by atoms with van der Waals surface area (Å²) in [5, 5.41) is 14.7. The quantitative estimate of drug-likeness (QED) is 0.606. The molecule has 0 fully saturated rings. The summed E-state index contributed by atoms with van der Waals surface area (Å²) < 4.78 is 0. The Kier molecular flexibility index (Phi) is 6.17. The number of amides is 1. The summed E-state index contributed by atoms with van der Waals surface area (Å²) in [4.78, 5) is 11.7. The van der Waals surface area contributed by atoms with Crippen molar-refractivity contribution < 1.29 is 4.79 Å². The first-order valence-electron chi connectivity index (χ1n) is 6.35. The number of hydrogen-bond donors (Lipinski definition) is 2. The second-order valence-corrected chi connectivity index (χ2v) is 4.32. The fourth-order valence-electron chi connectivity index (χ4n) is 1.42. The van der Waals surface area contributed by atoms with E-state index in [9.17, 15) is 4.79 Å². The highest BCUT2D eigenvalue weighted by Crippen LogP contribution is 1.99. The maximum Gasteiger partial charge on any atom is 0.263 e. The highest BCUT2D eigenvalue weighted by atomic mass is 16.1. The lowest BCUT2D eigenvalue weighted by molar-refractivity contribution is -0.117. The lowest BCUT2D eigenvalue weighted by Gasteiger charge is -2.10. The summed E-state index contributed by atoms with van der Waals surface area (Å²) >= 11 is 0. The van der Waals surface area contributed by atoms with Crippen LogP contribution in [0.3, 0.4) is 0 Å². The molecule has 1 unspecified atom stereocenters. The normalized spacial score (nSPS) is 12.4. The number of carbonyl (C=O) groups excluding carboxylic acids is 1. The van der Waals surface area contributed by atoms with Crippen molar-refractivity contribution >= 4 is 5.91 Å². The van der Waals surface area contributed by atoms with E-state index in [0.29, 0.717) is 6.54 Å².